The molecule has 2 aromatic heterocycles. The molecule has 1 amide bonds. The summed E-state index contributed by atoms with van der Waals surface area (Å²) in [5, 5.41) is 12.4. The van der Waals surface area contributed by atoms with E-state index in [0.717, 1.165) is 16.6 Å². The number of nitrogens with one attached hydrogen (secondary N) is 1. The number of carbonyl (C=O) groups excluding carboxylic acids is 1. The minimum atomic E-state index is -2.97. The number of para-hydroxylation sites is 2. The van der Waals surface area contributed by atoms with E-state index in [-0.39, 0.29) is 22.4 Å². The van der Waals surface area contributed by atoms with Gasteiger partial charge < -0.3 is 14.5 Å². The van der Waals surface area contributed by atoms with Gasteiger partial charge >= 0.3 is 6.61 Å². The van der Waals surface area contributed by atoms with Crippen molar-refractivity contribution in [2.75, 3.05) is 11.1 Å². The number of thioether (sulfide) groups is 1. The van der Waals surface area contributed by atoms with Gasteiger partial charge in [-0.1, -0.05) is 30.0 Å². The number of rotatable bonds is 7. The molecule has 0 aliphatic carbocycles. The zero-order valence-corrected chi connectivity index (χ0v) is 14.2. The number of amides is 1. The first-order valence-electron chi connectivity index (χ1n) is 6.95. The molecular formula is C15H11F2N3O3S2. The molecule has 25 heavy (non-hydrogen) atoms. The molecule has 6 nitrogen and oxygen atoms in total. The molecule has 2 heterocycles. The van der Waals surface area contributed by atoms with Crippen molar-refractivity contribution in [1.29, 1.82) is 0 Å². The highest BCUT2D eigenvalue weighted by molar-refractivity contribution is 7.99. The van der Waals surface area contributed by atoms with Gasteiger partial charge in [0, 0.05) is 0 Å². The number of hydrogen-bond acceptors (Lipinski definition) is 7. The second-order valence-corrected chi connectivity index (χ2v) is 6.44. The molecule has 0 saturated carbocycles. The van der Waals surface area contributed by atoms with Crippen molar-refractivity contribution in [3.05, 3.63) is 41.8 Å². The number of halogens is 2. The first kappa shape index (κ1) is 17.4. The van der Waals surface area contributed by atoms with Crippen LogP contribution in [0.15, 0.2) is 51.4 Å². The number of hydrogen-bond donors (Lipinski definition) is 1. The Labute approximate surface area is 149 Å². The minimum Gasteiger partial charge on any atom is -0.433 e. The number of thiophene rings is 1. The Hall–Kier alpha value is -2.46. The Morgan fingerprint density at radius 3 is 2.88 bits per heavy atom. The Morgan fingerprint density at radius 1 is 1.28 bits per heavy atom. The van der Waals surface area contributed by atoms with Gasteiger partial charge in [0.05, 0.1) is 16.3 Å². The van der Waals surface area contributed by atoms with E-state index in [9.17, 15) is 13.6 Å². The van der Waals surface area contributed by atoms with Crippen LogP contribution in [0, 0.1) is 0 Å². The summed E-state index contributed by atoms with van der Waals surface area (Å²) in [6.45, 7) is -2.97. The average Bonchev–Trinajstić information content (AvgIpc) is 3.25. The van der Waals surface area contributed by atoms with Crippen molar-refractivity contribution in [2.45, 2.75) is 11.8 Å². The van der Waals surface area contributed by atoms with Crippen LogP contribution in [-0.4, -0.2) is 28.5 Å². The van der Waals surface area contributed by atoms with Crippen molar-refractivity contribution >= 4 is 34.7 Å². The van der Waals surface area contributed by atoms with Gasteiger partial charge in [0.2, 0.25) is 5.91 Å². The van der Waals surface area contributed by atoms with Crippen LogP contribution in [0.5, 0.6) is 5.75 Å². The molecule has 0 unspecified atom stereocenters. The zero-order valence-electron chi connectivity index (χ0n) is 12.5. The third-order valence-corrected chi connectivity index (χ3v) is 4.52. The molecule has 1 aromatic carbocycles. The number of nitrogens with zero attached hydrogens (tertiary/aromatic N) is 2. The van der Waals surface area contributed by atoms with E-state index in [1.807, 2.05) is 17.5 Å². The van der Waals surface area contributed by atoms with Gasteiger partial charge in [-0.2, -0.15) is 8.78 Å². The highest BCUT2D eigenvalue weighted by Gasteiger charge is 2.14. The summed E-state index contributed by atoms with van der Waals surface area (Å²) in [6.07, 6.45) is 0. The predicted molar refractivity (Wildman–Crippen MR) is 90.0 cm³/mol. The van der Waals surface area contributed by atoms with Gasteiger partial charge in [-0.25, -0.2) is 0 Å². The third kappa shape index (κ3) is 4.77. The van der Waals surface area contributed by atoms with E-state index in [0.29, 0.717) is 5.89 Å². The number of alkyl halides is 2. The summed E-state index contributed by atoms with van der Waals surface area (Å²) in [7, 11) is 0. The third-order valence-electron chi connectivity index (χ3n) is 2.84. The average molecular weight is 383 g/mol. The molecule has 0 spiro atoms. The highest BCUT2D eigenvalue weighted by atomic mass is 32.2. The number of benzene rings is 1. The quantitative estimate of drug-likeness (QED) is 0.618. The molecule has 10 heteroatoms. The number of anilines is 1. The number of carbonyl (C=O) groups is 1. The lowest BCUT2D eigenvalue weighted by molar-refractivity contribution is -0.113. The van der Waals surface area contributed by atoms with Crippen molar-refractivity contribution < 1.29 is 22.7 Å². The van der Waals surface area contributed by atoms with E-state index >= 15 is 0 Å². The van der Waals surface area contributed by atoms with Crippen molar-refractivity contribution in [2.24, 2.45) is 0 Å². The summed E-state index contributed by atoms with van der Waals surface area (Å²) in [6, 6.07) is 9.67. The van der Waals surface area contributed by atoms with Gasteiger partial charge in [-0.05, 0) is 23.6 Å². The van der Waals surface area contributed by atoms with Crippen LogP contribution in [0.2, 0.25) is 0 Å². The lowest BCUT2D eigenvalue weighted by Crippen LogP contribution is -2.15. The predicted octanol–water partition coefficient (Wildman–Crippen LogP) is 4.13. The van der Waals surface area contributed by atoms with Crippen LogP contribution < -0.4 is 10.1 Å². The number of aromatic nitrogens is 2. The first-order chi connectivity index (χ1) is 12.1. The van der Waals surface area contributed by atoms with Crippen LogP contribution in [-0.2, 0) is 4.79 Å². The maximum atomic E-state index is 12.4. The number of ether oxygens (including phenoxy) is 1. The fourth-order valence-electron chi connectivity index (χ4n) is 1.85. The van der Waals surface area contributed by atoms with Crippen LogP contribution in [0.4, 0.5) is 14.5 Å². The van der Waals surface area contributed by atoms with Crippen LogP contribution in [0.25, 0.3) is 10.8 Å². The lowest BCUT2D eigenvalue weighted by Gasteiger charge is -2.11. The molecule has 0 radical (unpaired) electrons. The Bertz CT molecular complexity index is 840. The molecule has 0 fully saturated rings. The van der Waals surface area contributed by atoms with E-state index in [1.165, 1.54) is 29.5 Å². The van der Waals surface area contributed by atoms with Gasteiger partial charge in [0.15, 0.2) is 0 Å². The van der Waals surface area contributed by atoms with Gasteiger partial charge in [-0.3, -0.25) is 4.79 Å². The summed E-state index contributed by atoms with van der Waals surface area (Å²) in [5.41, 5.74) is 0.165. The zero-order chi connectivity index (χ0) is 17.6. The SMILES string of the molecule is O=C(CSc1nnc(-c2cccs2)o1)Nc1ccccc1OC(F)F. The van der Waals surface area contributed by atoms with E-state index in [4.69, 9.17) is 4.42 Å². The maximum absolute atomic E-state index is 12.4. The maximum Gasteiger partial charge on any atom is 0.387 e. The second kappa shape index (κ2) is 8.08. The van der Waals surface area contributed by atoms with Crippen LogP contribution >= 0.6 is 23.1 Å². The fraction of sp³-hybridized carbons (Fsp3) is 0.133. The lowest BCUT2D eigenvalue weighted by atomic mass is 10.3. The molecule has 3 rings (SSSR count). The fourth-order valence-corrected chi connectivity index (χ4v) is 3.06. The van der Waals surface area contributed by atoms with Gasteiger partial charge in [-0.15, -0.1) is 21.5 Å². The summed E-state index contributed by atoms with van der Waals surface area (Å²) in [5.74, 6) is -0.150. The first-order valence-corrected chi connectivity index (χ1v) is 8.82. The van der Waals surface area contributed by atoms with E-state index in [2.05, 4.69) is 20.3 Å². The standard InChI is InChI=1S/C15H11F2N3O3S2/c16-14(17)22-10-5-2-1-4-9(10)18-12(21)8-25-15-20-19-13(23-15)11-6-3-7-24-11/h1-7,14H,8H2,(H,18,21). The van der Waals surface area contributed by atoms with E-state index in [1.54, 1.807) is 6.07 Å². The Morgan fingerprint density at radius 2 is 2.12 bits per heavy atom. The molecule has 1 N–H and O–H groups in total. The molecule has 0 atom stereocenters. The van der Waals surface area contributed by atoms with Crippen LogP contribution in [0.1, 0.15) is 0 Å². The summed E-state index contributed by atoms with van der Waals surface area (Å²) >= 11 is 2.51. The molecule has 0 saturated heterocycles. The van der Waals surface area contributed by atoms with Crippen molar-refractivity contribution in [3.8, 4) is 16.5 Å². The van der Waals surface area contributed by atoms with Gasteiger partial charge in [0.1, 0.15) is 5.75 Å². The highest BCUT2D eigenvalue weighted by Crippen LogP contribution is 2.28. The molecule has 0 bridgehead atoms. The minimum absolute atomic E-state index is 0.0188. The van der Waals surface area contributed by atoms with Crippen LogP contribution in [0.3, 0.4) is 0 Å². The second-order valence-electron chi connectivity index (χ2n) is 4.56. The van der Waals surface area contributed by atoms with Gasteiger partial charge in [0.25, 0.3) is 11.1 Å². The Balaban J connectivity index is 1.57. The monoisotopic (exact) mass is 383 g/mol. The molecule has 0 aliphatic heterocycles. The topological polar surface area (TPSA) is 77.2 Å². The summed E-state index contributed by atoms with van der Waals surface area (Å²) < 4.78 is 34.5. The molecule has 130 valence electrons. The smallest absolute Gasteiger partial charge is 0.387 e. The van der Waals surface area contributed by atoms with Crippen molar-refractivity contribution in [1.82, 2.24) is 10.2 Å². The molecular weight excluding hydrogens is 372 g/mol. The largest absolute Gasteiger partial charge is 0.433 e. The summed E-state index contributed by atoms with van der Waals surface area (Å²) in [4.78, 5) is 12.8. The molecule has 3 aromatic rings. The van der Waals surface area contributed by atoms with E-state index < -0.39 is 12.5 Å². The van der Waals surface area contributed by atoms with Crippen molar-refractivity contribution in [3.63, 3.8) is 0 Å². The Kier molecular flexibility index (Phi) is 5.61. The normalized spacial score (nSPS) is 10.8. The molecule has 0 aliphatic rings.